The van der Waals surface area contributed by atoms with Crippen LogP contribution in [-0.4, -0.2) is 42.9 Å². The number of morpholine rings is 1. The number of nitrogens with one attached hydrogen (secondary N) is 2. The summed E-state index contributed by atoms with van der Waals surface area (Å²) in [6.07, 6.45) is 1.59. The Balaban J connectivity index is 1.74. The zero-order chi connectivity index (χ0) is 13.9. The Hall–Kier alpha value is -1.15. The van der Waals surface area contributed by atoms with Crippen molar-refractivity contribution >= 4 is 44.9 Å². The van der Waals surface area contributed by atoms with Crippen molar-refractivity contribution in [2.75, 3.05) is 31.3 Å². The molecule has 1 aliphatic heterocycles. The molecule has 0 spiro atoms. The Morgan fingerprint density at radius 3 is 3.25 bits per heavy atom. The number of thioether (sulfide) groups is 1. The molecule has 0 radical (unpaired) electrons. The van der Waals surface area contributed by atoms with Crippen LogP contribution >= 0.6 is 23.1 Å². The molecular formula is C13H15N3O2S2. The molecule has 1 atom stereocenters. The quantitative estimate of drug-likeness (QED) is 0.849. The lowest BCUT2D eigenvalue weighted by atomic mass is 10.2. The number of anilines is 1. The van der Waals surface area contributed by atoms with Crippen molar-refractivity contribution in [2.24, 2.45) is 0 Å². The molecule has 2 N–H and O–H groups in total. The van der Waals surface area contributed by atoms with Gasteiger partial charge in [0.2, 0.25) is 0 Å². The van der Waals surface area contributed by atoms with Crippen LogP contribution in [0.3, 0.4) is 0 Å². The average molecular weight is 309 g/mol. The molecule has 1 aromatic carbocycles. The minimum absolute atomic E-state index is 0.105. The maximum atomic E-state index is 12.1. The van der Waals surface area contributed by atoms with Crippen molar-refractivity contribution in [3.05, 3.63) is 18.2 Å². The van der Waals surface area contributed by atoms with Crippen molar-refractivity contribution in [1.29, 1.82) is 0 Å². The molecule has 20 heavy (non-hydrogen) atoms. The van der Waals surface area contributed by atoms with Crippen LogP contribution in [0.4, 0.5) is 5.69 Å². The van der Waals surface area contributed by atoms with E-state index in [0.29, 0.717) is 13.2 Å². The van der Waals surface area contributed by atoms with E-state index in [1.165, 1.54) is 0 Å². The summed E-state index contributed by atoms with van der Waals surface area (Å²) in [5, 5.41) is 6.04. The Kier molecular flexibility index (Phi) is 4.21. The lowest BCUT2D eigenvalue weighted by molar-refractivity contribution is -0.128. The van der Waals surface area contributed by atoms with Gasteiger partial charge in [-0.05, 0) is 24.5 Å². The maximum absolute atomic E-state index is 12.1. The smallest absolute Gasteiger partial charge is 0.254 e. The van der Waals surface area contributed by atoms with Crippen molar-refractivity contribution in [3.8, 4) is 0 Å². The molecule has 1 unspecified atom stereocenters. The first-order chi connectivity index (χ1) is 9.76. The first-order valence-corrected chi connectivity index (χ1v) is 8.38. The predicted molar refractivity (Wildman–Crippen MR) is 82.6 cm³/mol. The van der Waals surface area contributed by atoms with E-state index in [-0.39, 0.29) is 5.91 Å². The number of hydrogen-bond donors (Lipinski definition) is 2. The number of ether oxygens (including phenoxy) is 1. The van der Waals surface area contributed by atoms with Crippen LogP contribution in [0.15, 0.2) is 22.5 Å². The number of carbonyl (C=O) groups is 1. The third kappa shape index (κ3) is 2.95. The summed E-state index contributed by atoms with van der Waals surface area (Å²) in [4.78, 5) is 16.5. The average Bonchev–Trinajstić information content (AvgIpc) is 2.90. The molecule has 2 aromatic rings. The van der Waals surface area contributed by atoms with E-state index in [2.05, 4.69) is 15.6 Å². The Morgan fingerprint density at radius 2 is 2.50 bits per heavy atom. The topological polar surface area (TPSA) is 63.2 Å². The van der Waals surface area contributed by atoms with E-state index in [0.717, 1.165) is 26.8 Å². The summed E-state index contributed by atoms with van der Waals surface area (Å²) in [7, 11) is 0. The third-order valence-corrected chi connectivity index (χ3v) is 5.03. The van der Waals surface area contributed by atoms with Crippen molar-refractivity contribution < 1.29 is 9.53 Å². The number of benzene rings is 1. The van der Waals surface area contributed by atoms with Gasteiger partial charge in [0.05, 0.1) is 16.8 Å². The molecule has 2 heterocycles. The second-order valence-corrected chi connectivity index (χ2v) is 6.50. The molecule has 0 aliphatic carbocycles. The number of hydrogen-bond acceptors (Lipinski definition) is 6. The SMILES string of the molecule is CSc1nc2ccc(NC(=O)C3CNCCO3)cc2s1. The fourth-order valence-corrected chi connectivity index (χ4v) is 3.55. The highest BCUT2D eigenvalue weighted by atomic mass is 32.2. The summed E-state index contributed by atoms with van der Waals surface area (Å²) in [5.41, 5.74) is 1.75. The molecule has 5 nitrogen and oxygen atoms in total. The van der Waals surface area contributed by atoms with Gasteiger partial charge in [-0.3, -0.25) is 4.79 Å². The van der Waals surface area contributed by atoms with Crippen molar-refractivity contribution in [1.82, 2.24) is 10.3 Å². The lowest BCUT2D eigenvalue weighted by Crippen LogP contribution is -2.45. The van der Waals surface area contributed by atoms with Gasteiger partial charge < -0.3 is 15.4 Å². The van der Waals surface area contributed by atoms with Gasteiger partial charge in [-0.25, -0.2) is 4.98 Å². The number of rotatable bonds is 3. The number of thiazole rings is 1. The highest BCUT2D eigenvalue weighted by molar-refractivity contribution is 8.00. The van der Waals surface area contributed by atoms with E-state index >= 15 is 0 Å². The van der Waals surface area contributed by atoms with Gasteiger partial charge in [-0.1, -0.05) is 11.8 Å². The van der Waals surface area contributed by atoms with Crippen LogP contribution in [0.1, 0.15) is 0 Å². The standard InChI is InChI=1S/C13H15N3O2S2/c1-19-13-16-9-3-2-8(6-11(9)20-13)15-12(17)10-7-14-4-5-18-10/h2-3,6,10,14H,4-5,7H2,1H3,(H,15,17). The molecule has 1 amide bonds. The zero-order valence-electron chi connectivity index (χ0n) is 11.0. The molecule has 1 aliphatic rings. The van der Waals surface area contributed by atoms with Gasteiger partial charge in [0.15, 0.2) is 4.34 Å². The lowest BCUT2D eigenvalue weighted by Gasteiger charge is -2.22. The normalized spacial score (nSPS) is 19.1. The van der Waals surface area contributed by atoms with Crippen LogP contribution in [0, 0.1) is 0 Å². The van der Waals surface area contributed by atoms with Gasteiger partial charge >= 0.3 is 0 Å². The first kappa shape index (κ1) is 13.8. The van der Waals surface area contributed by atoms with Gasteiger partial charge in [-0.15, -0.1) is 11.3 Å². The Morgan fingerprint density at radius 1 is 1.60 bits per heavy atom. The van der Waals surface area contributed by atoms with Gasteiger partial charge in [0, 0.05) is 18.8 Å². The molecular weight excluding hydrogens is 294 g/mol. The summed E-state index contributed by atoms with van der Waals surface area (Å²) in [6, 6.07) is 5.77. The van der Waals surface area contributed by atoms with Crippen molar-refractivity contribution in [2.45, 2.75) is 10.4 Å². The van der Waals surface area contributed by atoms with Gasteiger partial charge in [0.25, 0.3) is 5.91 Å². The zero-order valence-corrected chi connectivity index (χ0v) is 12.6. The highest BCUT2D eigenvalue weighted by Crippen LogP contribution is 2.30. The first-order valence-electron chi connectivity index (χ1n) is 6.34. The largest absolute Gasteiger partial charge is 0.366 e. The number of amides is 1. The minimum Gasteiger partial charge on any atom is -0.366 e. The summed E-state index contributed by atoms with van der Waals surface area (Å²) in [6.45, 7) is 1.93. The van der Waals surface area contributed by atoms with Crippen molar-refractivity contribution in [3.63, 3.8) is 0 Å². The molecule has 106 valence electrons. The molecule has 3 rings (SSSR count). The van der Waals surface area contributed by atoms with Crippen LogP contribution in [0.5, 0.6) is 0 Å². The predicted octanol–water partition coefficient (Wildman–Crippen LogP) is 1.95. The van der Waals surface area contributed by atoms with Gasteiger partial charge in [-0.2, -0.15) is 0 Å². The second-order valence-electron chi connectivity index (χ2n) is 4.42. The van der Waals surface area contributed by atoms with Crippen LogP contribution in [0.2, 0.25) is 0 Å². The Bertz CT molecular complexity index is 623. The van der Waals surface area contributed by atoms with Crippen LogP contribution < -0.4 is 10.6 Å². The molecule has 0 saturated carbocycles. The van der Waals surface area contributed by atoms with Crippen LogP contribution in [0.25, 0.3) is 10.2 Å². The van der Waals surface area contributed by atoms with E-state index < -0.39 is 6.10 Å². The highest BCUT2D eigenvalue weighted by Gasteiger charge is 2.21. The number of aromatic nitrogens is 1. The number of nitrogens with zero attached hydrogens (tertiary/aromatic N) is 1. The monoisotopic (exact) mass is 309 g/mol. The number of carbonyl (C=O) groups excluding carboxylic acids is 1. The van der Waals surface area contributed by atoms with E-state index in [1.54, 1.807) is 23.1 Å². The second kappa shape index (κ2) is 6.09. The molecule has 7 heteroatoms. The van der Waals surface area contributed by atoms with E-state index in [9.17, 15) is 4.79 Å². The summed E-state index contributed by atoms with van der Waals surface area (Å²) >= 11 is 3.26. The molecule has 1 fully saturated rings. The Labute approximate surface area is 125 Å². The fourth-order valence-electron chi connectivity index (χ4n) is 2.03. The summed E-state index contributed by atoms with van der Waals surface area (Å²) < 4.78 is 7.54. The van der Waals surface area contributed by atoms with E-state index in [4.69, 9.17) is 4.74 Å². The number of fused-ring (bicyclic) bond motifs is 1. The molecule has 1 saturated heterocycles. The van der Waals surface area contributed by atoms with E-state index in [1.807, 2.05) is 24.5 Å². The molecule has 0 bridgehead atoms. The summed E-state index contributed by atoms with van der Waals surface area (Å²) in [5.74, 6) is -0.105. The minimum atomic E-state index is -0.414. The fraction of sp³-hybridized carbons (Fsp3) is 0.385. The third-order valence-electron chi connectivity index (χ3n) is 3.03. The van der Waals surface area contributed by atoms with Gasteiger partial charge in [0.1, 0.15) is 6.10 Å². The molecule has 1 aromatic heterocycles. The van der Waals surface area contributed by atoms with Crippen LogP contribution in [-0.2, 0) is 9.53 Å². The maximum Gasteiger partial charge on any atom is 0.254 e.